The Morgan fingerprint density at radius 3 is 2.47 bits per heavy atom. The zero-order valence-corrected chi connectivity index (χ0v) is 16.7. The van der Waals surface area contributed by atoms with Crippen molar-refractivity contribution >= 4 is 5.91 Å². The van der Waals surface area contributed by atoms with Gasteiger partial charge < -0.3 is 14.5 Å². The minimum Gasteiger partial charge on any atom is -0.487 e. The summed E-state index contributed by atoms with van der Waals surface area (Å²) >= 11 is 0. The Hall–Kier alpha value is -3.86. The standard InChI is InChI=1S/C25H22N2O3/c1-18-23(27-25(30-18)20-11-6-3-7-12-20)17-29-22-14-8-13-21(15-22)24(28)26-16-19-9-4-2-5-10-19/h2-15H,16-17H2,1H3,(H,26,28). The molecule has 0 fully saturated rings. The van der Waals surface area contributed by atoms with Gasteiger partial charge in [0, 0.05) is 17.7 Å². The molecule has 4 rings (SSSR count). The normalized spacial score (nSPS) is 10.6. The van der Waals surface area contributed by atoms with Crippen molar-refractivity contribution in [3.8, 4) is 17.2 Å². The molecule has 0 radical (unpaired) electrons. The number of carbonyl (C=O) groups is 1. The third kappa shape index (κ3) is 4.75. The summed E-state index contributed by atoms with van der Waals surface area (Å²) < 4.78 is 11.6. The molecule has 0 spiro atoms. The molecule has 4 aromatic rings. The molecule has 5 nitrogen and oxygen atoms in total. The number of amides is 1. The summed E-state index contributed by atoms with van der Waals surface area (Å²) in [6, 6.07) is 26.7. The van der Waals surface area contributed by atoms with Crippen molar-refractivity contribution in [2.75, 3.05) is 0 Å². The highest BCUT2D eigenvalue weighted by Crippen LogP contribution is 2.23. The van der Waals surface area contributed by atoms with Gasteiger partial charge in [0.1, 0.15) is 23.8 Å². The van der Waals surface area contributed by atoms with Crippen LogP contribution in [0.5, 0.6) is 5.75 Å². The number of aromatic nitrogens is 1. The van der Waals surface area contributed by atoms with E-state index < -0.39 is 0 Å². The molecule has 3 aromatic carbocycles. The van der Waals surface area contributed by atoms with E-state index >= 15 is 0 Å². The number of rotatable bonds is 7. The topological polar surface area (TPSA) is 64.4 Å². The lowest BCUT2D eigenvalue weighted by molar-refractivity contribution is 0.0950. The van der Waals surface area contributed by atoms with Gasteiger partial charge in [-0.05, 0) is 42.8 Å². The summed E-state index contributed by atoms with van der Waals surface area (Å²) in [5, 5.41) is 2.93. The molecule has 1 heterocycles. The summed E-state index contributed by atoms with van der Waals surface area (Å²) in [5.74, 6) is 1.74. The highest BCUT2D eigenvalue weighted by molar-refractivity contribution is 5.94. The van der Waals surface area contributed by atoms with E-state index in [1.807, 2.05) is 73.7 Å². The monoisotopic (exact) mass is 398 g/mol. The average molecular weight is 398 g/mol. The fourth-order valence-electron chi connectivity index (χ4n) is 3.03. The van der Waals surface area contributed by atoms with Crippen LogP contribution in [0.25, 0.3) is 11.5 Å². The van der Waals surface area contributed by atoms with Crippen LogP contribution in [-0.2, 0) is 13.2 Å². The van der Waals surface area contributed by atoms with Crippen LogP contribution < -0.4 is 10.1 Å². The van der Waals surface area contributed by atoms with E-state index in [-0.39, 0.29) is 12.5 Å². The van der Waals surface area contributed by atoms with Gasteiger partial charge in [0.15, 0.2) is 0 Å². The second-order valence-electron chi connectivity index (χ2n) is 6.87. The first-order valence-electron chi connectivity index (χ1n) is 9.76. The first-order chi connectivity index (χ1) is 14.7. The molecule has 0 aliphatic heterocycles. The predicted octanol–water partition coefficient (Wildman–Crippen LogP) is 5.16. The maximum absolute atomic E-state index is 12.5. The first-order valence-corrected chi connectivity index (χ1v) is 9.76. The lowest BCUT2D eigenvalue weighted by Crippen LogP contribution is -2.22. The predicted molar refractivity (Wildman–Crippen MR) is 115 cm³/mol. The van der Waals surface area contributed by atoms with E-state index in [9.17, 15) is 4.79 Å². The molecule has 30 heavy (non-hydrogen) atoms. The maximum atomic E-state index is 12.5. The van der Waals surface area contributed by atoms with Gasteiger partial charge in [0.25, 0.3) is 5.91 Å². The smallest absolute Gasteiger partial charge is 0.251 e. The molecule has 0 aliphatic carbocycles. The Balaban J connectivity index is 1.39. The van der Waals surface area contributed by atoms with Crippen LogP contribution in [-0.4, -0.2) is 10.9 Å². The summed E-state index contributed by atoms with van der Waals surface area (Å²) in [6.45, 7) is 2.61. The number of carbonyl (C=O) groups excluding carboxylic acids is 1. The summed E-state index contributed by atoms with van der Waals surface area (Å²) in [7, 11) is 0. The number of nitrogens with one attached hydrogen (secondary N) is 1. The van der Waals surface area contributed by atoms with E-state index in [1.165, 1.54) is 0 Å². The van der Waals surface area contributed by atoms with Gasteiger partial charge in [-0.2, -0.15) is 0 Å². The number of nitrogens with zero attached hydrogens (tertiary/aromatic N) is 1. The van der Waals surface area contributed by atoms with Crippen molar-refractivity contribution in [2.45, 2.75) is 20.1 Å². The van der Waals surface area contributed by atoms with Crippen molar-refractivity contribution in [1.29, 1.82) is 0 Å². The van der Waals surface area contributed by atoms with E-state index in [2.05, 4.69) is 10.3 Å². The van der Waals surface area contributed by atoms with Crippen molar-refractivity contribution in [2.24, 2.45) is 0 Å². The number of ether oxygens (including phenoxy) is 1. The van der Waals surface area contributed by atoms with Crippen LogP contribution in [0.4, 0.5) is 0 Å². The SMILES string of the molecule is Cc1oc(-c2ccccc2)nc1COc1cccc(C(=O)NCc2ccccc2)c1. The van der Waals surface area contributed by atoms with Crippen molar-refractivity contribution < 1.29 is 13.9 Å². The van der Waals surface area contributed by atoms with Crippen molar-refractivity contribution in [3.05, 3.63) is 108 Å². The van der Waals surface area contributed by atoms with Gasteiger partial charge in [-0.1, -0.05) is 54.6 Å². The minimum atomic E-state index is -0.145. The average Bonchev–Trinajstić information content (AvgIpc) is 3.18. The van der Waals surface area contributed by atoms with Gasteiger partial charge in [-0.15, -0.1) is 0 Å². The molecule has 0 atom stereocenters. The fourth-order valence-corrected chi connectivity index (χ4v) is 3.03. The number of hydrogen-bond donors (Lipinski definition) is 1. The lowest BCUT2D eigenvalue weighted by Gasteiger charge is -2.08. The van der Waals surface area contributed by atoms with Crippen LogP contribution in [0.15, 0.2) is 89.3 Å². The Morgan fingerprint density at radius 2 is 1.70 bits per heavy atom. The second-order valence-corrected chi connectivity index (χ2v) is 6.87. The van der Waals surface area contributed by atoms with Gasteiger partial charge in [-0.3, -0.25) is 4.79 Å². The molecule has 0 bridgehead atoms. The molecular weight excluding hydrogens is 376 g/mol. The first kappa shape index (κ1) is 19.5. The molecule has 1 N–H and O–H groups in total. The Labute approximate surface area is 175 Å². The Bertz CT molecular complexity index is 1120. The van der Waals surface area contributed by atoms with Crippen LogP contribution >= 0.6 is 0 Å². The fraction of sp³-hybridized carbons (Fsp3) is 0.120. The molecule has 5 heteroatoms. The summed E-state index contributed by atoms with van der Waals surface area (Å²) in [5.41, 5.74) is 3.25. The summed E-state index contributed by atoms with van der Waals surface area (Å²) in [6.07, 6.45) is 0. The van der Waals surface area contributed by atoms with Gasteiger partial charge >= 0.3 is 0 Å². The quantitative estimate of drug-likeness (QED) is 0.467. The number of oxazole rings is 1. The Kier molecular flexibility index (Phi) is 5.90. The molecule has 0 saturated carbocycles. The molecule has 0 aliphatic rings. The highest BCUT2D eigenvalue weighted by atomic mass is 16.5. The number of benzene rings is 3. The van der Waals surface area contributed by atoms with Crippen LogP contribution in [0.1, 0.15) is 27.4 Å². The van der Waals surface area contributed by atoms with E-state index in [4.69, 9.17) is 9.15 Å². The van der Waals surface area contributed by atoms with Crippen LogP contribution in [0, 0.1) is 6.92 Å². The number of aryl methyl sites for hydroxylation is 1. The van der Waals surface area contributed by atoms with E-state index in [1.54, 1.807) is 18.2 Å². The van der Waals surface area contributed by atoms with Gasteiger partial charge in [-0.25, -0.2) is 4.98 Å². The maximum Gasteiger partial charge on any atom is 0.251 e. The molecule has 0 saturated heterocycles. The molecular formula is C25H22N2O3. The van der Waals surface area contributed by atoms with Crippen LogP contribution in [0.3, 0.4) is 0 Å². The van der Waals surface area contributed by atoms with E-state index in [0.29, 0.717) is 29.5 Å². The third-order valence-corrected chi connectivity index (χ3v) is 4.68. The second kappa shape index (κ2) is 9.09. The van der Waals surface area contributed by atoms with Crippen molar-refractivity contribution in [3.63, 3.8) is 0 Å². The van der Waals surface area contributed by atoms with E-state index in [0.717, 1.165) is 16.8 Å². The largest absolute Gasteiger partial charge is 0.487 e. The third-order valence-electron chi connectivity index (χ3n) is 4.68. The summed E-state index contributed by atoms with van der Waals surface area (Å²) in [4.78, 5) is 17.0. The zero-order chi connectivity index (χ0) is 20.8. The Morgan fingerprint density at radius 1 is 0.967 bits per heavy atom. The molecule has 150 valence electrons. The molecule has 0 unspecified atom stereocenters. The lowest BCUT2D eigenvalue weighted by atomic mass is 10.2. The van der Waals surface area contributed by atoms with Crippen molar-refractivity contribution in [1.82, 2.24) is 10.3 Å². The molecule has 1 aromatic heterocycles. The van der Waals surface area contributed by atoms with Gasteiger partial charge in [0.05, 0.1) is 0 Å². The molecule has 1 amide bonds. The van der Waals surface area contributed by atoms with Crippen LogP contribution in [0.2, 0.25) is 0 Å². The van der Waals surface area contributed by atoms with Gasteiger partial charge in [0.2, 0.25) is 5.89 Å². The minimum absolute atomic E-state index is 0.145. The highest BCUT2D eigenvalue weighted by Gasteiger charge is 2.12. The number of hydrogen-bond acceptors (Lipinski definition) is 4. The zero-order valence-electron chi connectivity index (χ0n) is 16.7.